The number of carbonyl (C=O) groups excluding carboxylic acids is 2. The molecule has 2 aliphatic rings. The lowest BCUT2D eigenvalue weighted by Gasteiger charge is -2.57. The molecule has 172 valence electrons. The Bertz CT molecular complexity index is 1250. The highest BCUT2D eigenvalue weighted by molar-refractivity contribution is 9.10. The smallest absolute Gasteiger partial charge is 0.295 e. The van der Waals surface area contributed by atoms with Gasteiger partial charge in [0.15, 0.2) is 11.5 Å². The van der Waals surface area contributed by atoms with E-state index in [0.717, 1.165) is 25.7 Å². The van der Waals surface area contributed by atoms with E-state index in [9.17, 15) is 18.4 Å². The highest BCUT2D eigenvalue weighted by atomic mass is 79.9. The lowest BCUT2D eigenvalue weighted by Crippen LogP contribution is -2.58. The lowest BCUT2D eigenvalue weighted by molar-refractivity contribution is -0.0848. The van der Waals surface area contributed by atoms with Gasteiger partial charge in [0, 0.05) is 22.9 Å². The van der Waals surface area contributed by atoms with Gasteiger partial charge in [-0.25, -0.2) is 18.7 Å². The van der Waals surface area contributed by atoms with Gasteiger partial charge in [0.1, 0.15) is 11.7 Å². The maximum Gasteiger partial charge on any atom is 0.295 e. The van der Waals surface area contributed by atoms with Crippen LogP contribution in [-0.4, -0.2) is 38.3 Å². The van der Waals surface area contributed by atoms with Crippen molar-refractivity contribution in [2.24, 2.45) is 11.1 Å². The second kappa shape index (κ2) is 8.05. The van der Waals surface area contributed by atoms with Crippen LogP contribution in [0.3, 0.4) is 0 Å². The third-order valence-corrected chi connectivity index (χ3v) is 6.84. The van der Waals surface area contributed by atoms with Crippen LogP contribution in [0.5, 0.6) is 5.88 Å². The molecule has 0 atom stereocenters. The number of aromatic nitrogens is 3. The summed E-state index contributed by atoms with van der Waals surface area (Å²) < 4.78 is 34.5. The molecule has 1 spiro atoms. The molecule has 2 amide bonds. The number of carbonyl (C=O) groups is 2. The third-order valence-electron chi connectivity index (χ3n) is 6.37. The molecular formula is C22H20BrF2N5O3. The predicted octanol–water partition coefficient (Wildman–Crippen LogP) is 3.65. The second-order valence-electron chi connectivity index (χ2n) is 8.67. The van der Waals surface area contributed by atoms with Gasteiger partial charge in [-0.05, 0) is 71.3 Å². The van der Waals surface area contributed by atoms with E-state index in [1.807, 2.05) is 0 Å². The van der Waals surface area contributed by atoms with Gasteiger partial charge in [0.05, 0.1) is 5.52 Å². The first-order chi connectivity index (χ1) is 15.7. The number of imidazole rings is 1. The molecule has 0 aromatic carbocycles. The summed E-state index contributed by atoms with van der Waals surface area (Å²) in [6, 6.07) is 6.41. The number of hydrogen-bond donors (Lipinski definition) is 2. The van der Waals surface area contributed by atoms with Crippen LogP contribution in [-0.2, 0) is 0 Å². The van der Waals surface area contributed by atoms with Gasteiger partial charge in [-0.2, -0.15) is 0 Å². The van der Waals surface area contributed by atoms with Crippen LogP contribution in [0.25, 0.3) is 5.52 Å². The molecule has 0 saturated heterocycles. The number of hydrogen-bond acceptors (Lipinski definition) is 5. The largest absolute Gasteiger partial charge is 0.474 e. The van der Waals surface area contributed by atoms with E-state index in [-0.39, 0.29) is 34.7 Å². The zero-order valence-electron chi connectivity index (χ0n) is 17.3. The van der Waals surface area contributed by atoms with Crippen molar-refractivity contribution in [1.29, 1.82) is 0 Å². The fraction of sp³-hybridized carbons (Fsp3) is 0.364. The first-order valence-electron chi connectivity index (χ1n) is 10.4. The molecule has 2 saturated carbocycles. The average Bonchev–Trinajstić information content (AvgIpc) is 3.09. The van der Waals surface area contributed by atoms with Crippen LogP contribution >= 0.6 is 15.9 Å². The van der Waals surface area contributed by atoms with E-state index in [4.69, 9.17) is 10.5 Å². The van der Waals surface area contributed by atoms with Crippen molar-refractivity contribution in [3.05, 3.63) is 58.2 Å². The molecule has 3 aromatic rings. The first kappa shape index (κ1) is 21.7. The molecule has 3 heterocycles. The Morgan fingerprint density at radius 2 is 2.00 bits per heavy atom. The Labute approximate surface area is 195 Å². The maximum absolute atomic E-state index is 13.4. The molecule has 5 rings (SSSR count). The van der Waals surface area contributed by atoms with Crippen LogP contribution < -0.4 is 15.8 Å². The number of amides is 2. The minimum Gasteiger partial charge on any atom is -0.474 e. The van der Waals surface area contributed by atoms with Crippen molar-refractivity contribution >= 4 is 33.3 Å². The van der Waals surface area contributed by atoms with Gasteiger partial charge in [0.2, 0.25) is 5.88 Å². The van der Waals surface area contributed by atoms with Gasteiger partial charge >= 0.3 is 0 Å². The maximum atomic E-state index is 13.4. The van der Waals surface area contributed by atoms with Gasteiger partial charge in [-0.15, -0.1) is 0 Å². The zero-order valence-corrected chi connectivity index (χ0v) is 18.9. The number of nitrogens with two attached hydrogens (primary N) is 1. The zero-order chi connectivity index (χ0) is 23.3. The van der Waals surface area contributed by atoms with E-state index < -0.39 is 24.1 Å². The van der Waals surface area contributed by atoms with E-state index in [2.05, 4.69) is 31.2 Å². The first-order valence-corrected chi connectivity index (χ1v) is 11.2. The molecule has 0 unspecified atom stereocenters. The lowest BCUT2D eigenvalue weighted by atomic mass is 9.53. The minimum absolute atomic E-state index is 0.0114. The molecule has 8 nitrogen and oxygen atoms in total. The standard InChI is InChI=1S/C22H20BrF2N5O3/c23-11-3-4-15-16(29-19(17(24)25)30(15)10-11)20(32)28-12-6-22(7-12)8-13(9-22)33-21-14(18(26)31)2-1-5-27-21/h1-5,10,12-13,17H,6-9H2,(H2,26,31)(H,28,32). The summed E-state index contributed by atoms with van der Waals surface area (Å²) in [5, 5.41) is 2.92. The van der Waals surface area contributed by atoms with Crippen molar-refractivity contribution < 1.29 is 23.1 Å². The average molecular weight is 520 g/mol. The molecule has 33 heavy (non-hydrogen) atoms. The number of alkyl halides is 2. The van der Waals surface area contributed by atoms with Gasteiger partial charge in [0.25, 0.3) is 18.2 Å². The van der Waals surface area contributed by atoms with Gasteiger partial charge < -0.3 is 15.8 Å². The molecule has 2 fully saturated rings. The molecule has 2 aliphatic carbocycles. The van der Waals surface area contributed by atoms with Gasteiger partial charge in [-0.1, -0.05) is 0 Å². The predicted molar refractivity (Wildman–Crippen MR) is 117 cm³/mol. The number of nitrogens with one attached hydrogen (secondary N) is 1. The summed E-state index contributed by atoms with van der Waals surface area (Å²) in [6.45, 7) is 0. The van der Waals surface area contributed by atoms with Crippen LogP contribution in [0.15, 0.2) is 41.1 Å². The summed E-state index contributed by atoms with van der Waals surface area (Å²) >= 11 is 3.25. The van der Waals surface area contributed by atoms with E-state index >= 15 is 0 Å². The number of pyridine rings is 2. The normalized spacial score (nSPS) is 23.9. The second-order valence-corrected chi connectivity index (χ2v) is 9.58. The Morgan fingerprint density at radius 3 is 2.70 bits per heavy atom. The van der Waals surface area contributed by atoms with Crippen LogP contribution in [0, 0.1) is 5.41 Å². The highest BCUT2D eigenvalue weighted by Crippen LogP contribution is 2.56. The molecule has 11 heteroatoms. The summed E-state index contributed by atoms with van der Waals surface area (Å²) in [6.07, 6.45) is 3.24. The molecule has 0 bridgehead atoms. The molecular weight excluding hydrogens is 500 g/mol. The molecule has 3 aromatic heterocycles. The Morgan fingerprint density at radius 1 is 1.24 bits per heavy atom. The van der Waals surface area contributed by atoms with E-state index in [1.165, 1.54) is 10.6 Å². The van der Waals surface area contributed by atoms with Crippen molar-refractivity contribution in [3.63, 3.8) is 0 Å². The summed E-state index contributed by atoms with van der Waals surface area (Å²) in [7, 11) is 0. The number of nitrogens with zero attached hydrogens (tertiary/aromatic N) is 3. The molecule has 0 radical (unpaired) electrons. The van der Waals surface area contributed by atoms with E-state index in [0.29, 0.717) is 9.99 Å². The van der Waals surface area contributed by atoms with Crippen molar-refractivity contribution in [2.75, 3.05) is 0 Å². The van der Waals surface area contributed by atoms with Crippen molar-refractivity contribution in [3.8, 4) is 5.88 Å². The van der Waals surface area contributed by atoms with Crippen LogP contribution in [0.1, 0.15) is 58.8 Å². The summed E-state index contributed by atoms with van der Waals surface area (Å²) in [5.41, 5.74) is 6.00. The Balaban J connectivity index is 1.19. The Hall–Kier alpha value is -3.08. The monoisotopic (exact) mass is 519 g/mol. The quantitative estimate of drug-likeness (QED) is 0.516. The highest BCUT2D eigenvalue weighted by Gasteiger charge is 2.54. The van der Waals surface area contributed by atoms with E-state index in [1.54, 1.807) is 30.5 Å². The fourth-order valence-corrected chi connectivity index (χ4v) is 5.24. The SMILES string of the molecule is NC(=O)c1cccnc1OC1CC2(CC(NC(=O)c3nc(C(F)F)n4cc(Br)ccc34)C2)C1. The Kier molecular flexibility index (Phi) is 5.31. The van der Waals surface area contributed by atoms with Crippen molar-refractivity contribution in [2.45, 2.75) is 44.3 Å². The van der Waals surface area contributed by atoms with Crippen LogP contribution in [0.2, 0.25) is 0 Å². The number of ether oxygens (including phenoxy) is 1. The number of halogens is 3. The summed E-state index contributed by atoms with van der Waals surface area (Å²) in [4.78, 5) is 32.3. The minimum atomic E-state index is -2.80. The van der Waals surface area contributed by atoms with Crippen molar-refractivity contribution in [1.82, 2.24) is 19.7 Å². The number of fused-ring (bicyclic) bond motifs is 1. The number of primary amides is 1. The topological polar surface area (TPSA) is 112 Å². The molecule has 0 aliphatic heterocycles. The summed E-state index contributed by atoms with van der Waals surface area (Å²) in [5.74, 6) is -1.28. The number of rotatable bonds is 6. The van der Waals surface area contributed by atoms with Crippen LogP contribution in [0.4, 0.5) is 8.78 Å². The van der Waals surface area contributed by atoms with Gasteiger partial charge in [-0.3, -0.25) is 14.0 Å². The fourth-order valence-electron chi connectivity index (χ4n) is 4.90. The third kappa shape index (κ3) is 3.94. The molecule has 3 N–H and O–H groups in total.